The lowest BCUT2D eigenvalue weighted by atomic mass is 10.1. The van der Waals surface area contributed by atoms with Gasteiger partial charge in [-0.3, -0.25) is 23.4 Å². The summed E-state index contributed by atoms with van der Waals surface area (Å²) in [5.41, 5.74) is 1.12. The van der Waals surface area contributed by atoms with Gasteiger partial charge in [0, 0.05) is 24.2 Å². The maximum atomic E-state index is 11.3. The number of aromatic amines is 1. The normalized spacial score (nSPS) is 23.3. The summed E-state index contributed by atoms with van der Waals surface area (Å²) in [5, 5.41) is 17.7. The molecule has 2 unspecified atom stereocenters. The van der Waals surface area contributed by atoms with Gasteiger partial charge in [-0.2, -0.15) is 0 Å². The fourth-order valence-electron chi connectivity index (χ4n) is 2.75. The molecule has 152 valence electrons. The van der Waals surface area contributed by atoms with Crippen LogP contribution in [0.2, 0.25) is 0 Å². The number of para-hydroxylation sites is 1. The molecule has 1 aromatic heterocycles. The van der Waals surface area contributed by atoms with Gasteiger partial charge in [-0.25, -0.2) is 4.79 Å². The van der Waals surface area contributed by atoms with Crippen molar-refractivity contribution in [2.75, 3.05) is 6.79 Å². The first kappa shape index (κ1) is 20.7. The van der Waals surface area contributed by atoms with E-state index in [0.29, 0.717) is 19.4 Å². The molecular formula is C17H21N2O8P. The average Bonchev–Trinajstić information content (AvgIpc) is 3.09. The molecule has 4 rings (SSSR count). The fraction of sp³-hybridized carbons (Fsp3) is 0.412. The van der Waals surface area contributed by atoms with Crippen molar-refractivity contribution in [3.05, 3.63) is 62.4 Å². The third-order valence-corrected chi connectivity index (χ3v) is 5.08. The molecule has 3 heterocycles. The summed E-state index contributed by atoms with van der Waals surface area (Å²) >= 11 is 0. The number of benzene rings is 1. The lowest BCUT2D eigenvalue weighted by Crippen LogP contribution is -2.31. The molecule has 3 atom stereocenters. The molecule has 3 N–H and O–H groups in total. The summed E-state index contributed by atoms with van der Waals surface area (Å²) in [6.45, 7) is 2.06. The summed E-state index contributed by atoms with van der Waals surface area (Å²) in [5.74, 6) is 0.818. The number of ether oxygens (including phenoxy) is 1. The molecule has 0 bridgehead atoms. The van der Waals surface area contributed by atoms with Crippen molar-refractivity contribution in [2.24, 2.45) is 0 Å². The summed E-state index contributed by atoms with van der Waals surface area (Å²) < 4.78 is 21.9. The Morgan fingerprint density at radius 1 is 1.32 bits per heavy atom. The molecule has 0 radical (unpaired) electrons. The number of aliphatic hydroxyl groups is 2. The molecule has 0 aliphatic carbocycles. The van der Waals surface area contributed by atoms with Crippen molar-refractivity contribution >= 4 is 8.60 Å². The van der Waals surface area contributed by atoms with Crippen LogP contribution in [0, 0.1) is 6.92 Å². The van der Waals surface area contributed by atoms with E-state index in [1.54, 1.807) is 0 Å². The zero-order chi connectivity index (χ0) is 20.1. The zero-order valence-corrected chi connectivity index (χ0v) is 16.0. The van der Waals surface area contributed by atoms with Crippen LogP contribution in [0.25, 0.3) is 0 Å². The number of hydrogen-bond donors (Lipinski definition) is 3. The lowest BCUT2D eigenvalue weighted by molar-refractivity contribution is -0.113. The van der Waals surface area contributed by atoms with E-state index in [1.807, 2.05) is 25.1 Å². The third kappa shape index (κ3) is 5.05. The Morgan fingerprint density at radius 2 is 2.14 bits per heavy atom. The minimum Gasteiger partial charge on any atom is -0.426 e. The minimum absolute atomic E-state index is 0.382. The Hall–Kier alpha value is -2.07. The highest BCUT2D eigenvalue weighted by atomic mass is 31.2. The van der Waals surface area contributed by atoms with Crippen LogP contribution in [-0.2, 0) is 20.4 Å². The van der Waals surface area contributed by atoms with Gasteiger partial charge in [0.15, 0.2) is 13.1 Å². The topological polar surface area (TPSA) is 132 Å². The minimum atomic E-state index is -1.42. The highest BCUT2D eigenvalue weighted by Crippen LogP contribution is 2.47. The van der Waals surface area contributed by atoms with E-state index in [9.17, 15) is 9.59 Å². The predicted octanol–water partition coefficient (Wildman–Crippen LogP) is 1.26. The number of aromatic nitrogens is 2. The number of aryl methyl sites for hydroxylation is 1. The summed E-state index contributed by atoms with van der Waals surface area (Å²) in [6, 6.07) is 7.13. The largest absolute Gasteiger partial charge is 0.426 e. The van der Waals surface area contributed by atoms with Gasteiger partial charge in [-0.05, 0) is 18.9 Å². The smallest absolute Gasteiger partial charge is 0.399 e. The second-order valence-corrected chi connectivity index (χ2v) is 7.20. The van der Waals surface area contributed by atoms with Crippen LogP contribution >= 0.6 is 8.60 Å². The van der Waals surface area contributed by atoms with E-state index < -0.39 is 32.4 Å². The van der Waals surface area contributed by atoms with Crippen LogP contribution in [0.1, 0.15) is 30.2 Å². The molecule has 0 saturated carbocycles. The second kappa shape index (κ2) is 9.42. The van der Waals surface area contributed by atoms with Crippen LogP contribution in [0.3, 0.4) is 0 Å². The van der Waals surface area contributed by atoms with E-state index in [1.165, 1.54) is 16.8 Å². The average molecular weight is 412 g/mol. The van der Waals surface area contributed by atoms with Gasteiger partial charge in [0.2, 0.25) is 0 Å². The second-order valence-electron chi connectivity index (χ2n) is 6.05. The first-order chi connectivity index (χ1) is 13.5. The summed E-state index contributed by atoms with van der Waals surface area (Å²) in [6.07, 6.45) is 1.13. The Labute approximate surface area is 161 Å². The number of rotatable bonds is 3. The lowest BCUT2D eigenvalue weighted by Gasteiger charge is -2.24. The van der Waals surface area contributed by atoms with Gasteiger partial charge < -0.3 is 19.5 Å². The van der Waals surface area contributed by atoms with Crippen molar-refractivity contribution in [3.63, 3.8) is 0 Å². The Morgan fingerprint density at radius 3 is 2.82 bits per heavy atom. The van der Waals surface area contributed by atoms with Crippen molar-refractivity contribution in [2.45, 2.75) is 38.9 Å². The van der Waals surface area contributed by atoms with Gasteiger partial charge in [0.1, 0.15) is 12.0 Å². The van der Waals surface area contributed by atoms with E-state index in [2.05, 4.69) is 4.98 Å². The molecule has 1 aromatic carbocycles. The Balaban J connectivity index is 0.000000161. The number of H-pyrrole nitrogens is 1. The van der Waals surface area contributed by atoms with E-state index in [-0.39, 0.29) is 6.79 Å². The molecule has 1 fully saturated rings. The van der Waals surface area contributed by atoms with E-state index in [0.717, 1.165) is 16.9 Å². The maximum Gasteiger partial charge on any atom is 0.399 e. The molecule has 2 aliphatic heterocycles. The molecule has 2 aromatic rings. The fourth-order valence-corrected chi connectivity index (χ4v) is 3.68. The van der Waals surface area contributed by atoms with Crippen LogP contribution < -0.4 is 15.8 Å². The number of fused-ring (bicyclic) bond motifs is 1. The number of nitrogens with zero attached hydrogens (tertiary/aromatic N) is 1. The van der Waals surface area contributed by atoms with Gasteiger partial charge in [0.05, 0.1) is 6.61 Å². The summed E-state index contributed by atoms with van der Waals surface area (Å²) in [4.78, 5) is 24.2. The standard InChI is InChI=1S/C9H11O4P.C8H10N2O4/c1-7-3-2-4-8-5-11-14(12-6-10)13-9(7)8;11-5-3-4-10(8(13)9-5)6-1-2-7(12)14-6/h2-4,10H,5-6H2,1H3;3-4,6-7,12H,1-2H2,(H,9,11,13)/t;6?,7-/m.0/s1. The van der Waals surface area contributed by atoms with Crippen LogP contribution in [0.4, 0.5) is 0 Å². The quantitative estimate of drug-likeness (QED) is 0.507. The van der Waals surface area contributed by atoms with Gasteiger partial charge >= 0.3 is 14.3 Å². The van der Waals surface area contributed by atoms with Gasteiger partial charge in [0.25, 0.3) is 5.56 Å². The van der Waals surface area contributed by atoms with E-state index >= 15 is 0 Å². The highest BCUT2D eigenvalue weighted by Gasteiger charge is 2.25. The van der Waals surface area contributed by atoms with Crippen LogP contribution in [-0.4, -0.2) is 32.8 Å². The number of hydrogen-bond acceptors (Lipinski definition) is 8. The Bertz CT molecular complexity index is 915. The SMILES string of the molecule is Cc1cccc2c1OP(OCO)OC2.O=c1ccn(C2CC[C@@H](O)O2)c(=O)[nH]1. The molecule has 0 amide bonds. The van der Waals surface area contributed by atoms with Crippen molar-refractivity contribution in [1.82, 2.24) is 9.55 Å². The monoisotopic (exact) mass is 412 g/mol. The Kier molecular flexibility index (Phi) is 6.95. The van der Waals surface area contributed by atoms with Crippen molar-refractivity contribution in [1.29, 1.82) is 0 Å². The van der Waals surface area contributed by atoms with Gasteiger partial charge in [-0.1, -0.05) is 18.2 Å². The van der Waals surface area contributed by atoms with Crippen LogP contribution in [0.5, 0.6) is 5.75 Å². The number of aliphatic hydroxyl groups excluding tert-OH is 2. The molecule has 2 aliphatic rings. The molecule has 11 heteroatoms. The van der Waals surface area contributed by atoms with E-state index in [4.69, 9.17) is 28.5 Å². The first-order valence-electron chi connectivity index (χ1n) is 8.56. The van der Waals surface area contributed by atoms with Crippen molar-refractivity contribution < 1.29 is 28.5 Å². The molecule has 10 nitrogen and oxygen atoms in total. The third-order valence-electron chi connectivity index (χ3n) is 4.08. The molecule has 1 saturated heterocycles. The highest BCUT2D eigenvalue weighted by molar-refractivity contribution is 7.42. The molecule has 28 heavy (non-hydrogen) atoms. The molecular weight excluding hydrogens is 391 g/mol. The first-order valence-corrected chi connectivity index (χ1v) is 9.65. The van der Waals surface area contributed by atoms with Gasteiger partial charge in [-0.15, -0.1) is 0 Å². The van der Waals surface area contributed by atoms with Crippen LogP contribution in [0.15, 0.2) is 40.1 Å². The number of nitrogens with one attached hydrogen (secondary N) is 1. The zero-order valence-electron chi connectivity index (χ0n) is 15.1. The predicted molar refractivity (Wildman–Crippen MR) is 98.4 cm³/mol. The van der Waals surface area contributed by atoms with Crippen molar-refractivity contribution in [3.8, 4) is 5.75 Å². The maximum absolute atomic E-state index is 11.3. The summed E-state index contributed by atoms with van der Waals surface area (Å²) in [7, 11) is -1.42. The molecule has 0 spiro atoms.